The van der Waals surface area contributed by atoms with E-state index in [0.717, 1.165) is 26.1 Å². The molecule has 0 amide bonds. The van der Waals surface area contributed by atoms with Crippen molar-refractivity contribution in [1.82, 2.24) is 10.2 Å². The lowest BCUT2D eigenvalue weighted by atomic mass is 9.84. The topological polar surface area (TPSA) is 35.5 Å². The second-order valence-electron chi connectivity index (χ2n) is 5.84. The molecule has 1 aliphatic rings. The molecule has 0 aromatic rings. The van der Waals surface area contributed by atoms with E-state index >= 15 is 0 Å². The number of nitrogens with zero attached hydrogens (tertiary/aromatic N) is 1. The first-order valence-electron chi connectivity index (χ1n) is 6.64. The zero-order valence-electron chi connectivity index (χ0n) is 11.1. The van der Waals surface area contributed by atoms with E-state index in [2.05, 4.69) is 31.0 Å². The zero-order valence-corrected chi connectivity index (χ0v) is 11.1. The number of aliphatic hydroxyl groups excluding tert-OH is 1. The first-order chi connectivity index (χ1) is 7.57. The first kappa shape index (κ1) is 13.9. The van der Waals surface area contributed by atoms with Crippen molar-refractivity contribution in [2.45, 2.75) is 46.1 Å². The average Bonchev–Trinajstić information content (AvgIpc) is 2.22. The summed E-state index contributed by atoms with van der Waals surface area (Å²) in [6.07, 6.45) is 3.75. The van der Waals surface area contributed by atoms with Gasteiger partial charge in [-0.2, -0.15) is 0 Å². The van der Waals surface area contributed by atoms with E-state index in [1.807, 2.05) is 0 Å². The molecule has 0 saturated carbocycles. The lowest BCUT2D eigenvalue weighted by Gasteiger charge is -2.39. The molecule has 1 saturated heterocycles. The van der Waals surface area contributed by atoms with Crippen LogP contribution in [0.3, 0.4) is 0 Å². The molecule has 0 bridgehead atoms. The predicted octanol–water partition coefficient (Wildman–Crippen LogP) is 1.47. The molecule has 0 radical (unpaired) electrons. The molecule has 1 rings (SSSR count). The average molecular weight is 228 g/mol. The second kappa shape index (κ2) is 6.58. The highest BCUT2D eigenvalue weighted by Gasteiger charge is 2.27. The molecule has 1 unspecified atom stereocenters. The number of hydrogen-bond acceptors (Lipinski definition) is 3. The smallest absolute Gasteiger partial charge is 0.0597 e. The second-order valence-corrected chi connectivity index (χ2v) is 5.84. The molecule has 0 spiro atoms. The summed E-state index contributed by atoms with van der Waals surface area (Å²) in [6, 6.07) is 0.244. The Kier molecular flexibility index (Phi) is 5.73. The standard InChI is InChI=1S/C13H28N2O/c1-4-7-14-12(10-16)9-15-8-5-6-13(2,3)11-15/h12,14,16H,4-11H2,1-3H3. The Bertz CT molecular complexity index is 194. The number of aliphatic hydroxyl groups is 1. The molecule has 0 aliphatic carbocycles. The van der Waals surface area contributed by atoms with E-state index in [-0.39, 0.29) is 12.6 Å². The highest BCUT2D eigenvalue weighted by molar-refractivity contribution is 4.82. The molecular weight excluding hydrogens is 200 g/mol. The summed E-state index contributed by atoms with van der Waals surface area (Å²) in [5.74, 6) is 0. The van der Waals surface area contributed by atoms with Gasteiger partial charge in [-0.1, -0.05) is 20.8 Å². The van der Waals surface area contributed by atoms with Gasteiger partial charge in [-0.3, -0.25) is 0 Å². The Morgan fingerprint density at radius 2 is 2.19 bits per heavy atom. The number of likely N-dealkylation sites (tertiary alicyclic amines) is 1. The molecule has 96 valence electrons. The third-order valence-corrected chi connectivity index (χ3v) is 3.36. The summed E-state index contributed by atoms with van der Waals surface area (Å²) >= 11 is 0. The fourth-order valence-corrected chi connectivity index (χ4v) is 2.55. The van der Waals surface area contributed by atoms with Gasteiger partial charge in [0.05, 0.1) is 6.61 Å². The quantitative estimate of drug-likeness (QED) is 0.722. The largest absolute Gasteiger partial charge is 0.395 e. The summed E-state index contributed by atoms with van der Waals surface area (Å²) in [4.78, 5) is 2.49. The van der Waals surface area contributed by atoms with E-state index in [4.69, 9.17) is 0 Å². The van der Waals surface area contributed by atoms with E-state index in [9.17, 15) is 5.11 Å². The van der Waals surface area contributed by atoms with Gasteiger partial charge < -0.3 is 15.3 Å². The van der Waals surface area contributed by atoms with Crippen LogP contribution in [0, 0.1) is 5.41 Å². The Balaban J connectivity index is 2.33. The minimum Gasteiger partial charge on any atom is -0.395 e. The maximum Gasteiger partial charge on any atom is 0.0597 e. The van der Waals surface area contributed by atoms with Gasteiger partial charge in [-0.05, 0) is 37.8 Å². The number of rotatable bonds is 6. The third kappa shape index (κ3) is 4.81. The molecule has 1 atom stereocenters. The highest BCUT2D eigenvalue weighted by Crippen LogP contribution is 2.28. The molecule has 3 heteroatoms. The van der Waals surface area contributed by atoms with Gasteiger partial charge in [0.2, 0.25) is 0 Å². The Morgan fingerprint density at radius 1 is 1.44 bits per heavy atom. The summed E-state index contributed by atoms with van der Waals surface area (Å²) in [5.41, 5.74) is 0.447. The molecule has 3 nitrogen and oxygen atoms in total. The number of hydrogen-bond donors (Lipinski definition) is 2. The van der Waals surface area contributed by atoms with Crippen molar-refractivity contribution in [3.8, 4) is 0 Å². The van der Waals surface area contributed by atoms with Crippen LogP contribution in [0.25, 0.3) is 0 Å². The van der Waals surface area contributed by atoms with Crippen LogP contribution in [0.1, 0.15) is 40.0 Å². The molecular formula is C13H28N2O. The van der Waals surface area contributed by atoms with Gasteiger partial charge in [0.15, 0.2) is 0 Å². The van der Waals surface area contributed by atoms with Crippen molar-refractivity contribution in [2.24, 2.45) is 5.41 Å². The molecule has 1 heterocycles. The molecule has 1 aliphatic heterocycles. The van der Waals surface area contributed by atoms with Crippen molar-refractivity contribution in [1.29, 1.82) is 0 Å². The number of piperidine rings is 1. The van der Waals surface area contributed by atoms with Crippen LogP contribution in [-0.4, -0.2) is 48.8 Å². The summed E-state index contributed by atoms with van der Waals surface area (Å²) in [7, 11) is 0. The lowest BCUT2D eigenvalue weighted by Crippen LogP contribution is -2.48. The van der Waals surface area contributed by atoms with Gasteiger partial charge in [-0.25, -0.2) is 0 Å². The van der Waals surface area contributed by atoms with Crippen LogP contribution in [0.5, 0.6) is 0 Å². The van der Waals surface area contributed by atoms with E-state index in [0.29, 0.717) is 5.41 Å². The SMILES string of the molecule is CCCNC(CO)CN1CCCC(C)(C)C1. The molecule has 2 N–H and O–H groups in total. The minimum absolute atomic E-state index is 0.244. The van der Waals surface area contributed by atoms with Crippen LogP contribution in [-0.2, 0) is 0 Å². The summed E-state index contributed by atoms with van der Waals surface area (Å²) in [5, 5.41) is 12.7. The van der Waals surface area contributed by atoms with Crippen molar-refractivity contribution < 1.29 is 5.11 Å². The van der Waals surface area contributed by atoms with Gasteiger partial charge >= 0.3 is 0 Å². The van der Waals surface area contributed by atoms with Crippen LogP contribution in [0.4, 0.5) is 0 Å². The Labute approximate surface area is 100 Å². The maximum absolute atomic E-state index is 9.32. The molecule has 1 fully saturated rings. The maximum atomic E-state index is 9.32. The Hall–Kier alpha value is -0.120. The van der Waals surface area contributed by atoms with Crippen LogP contribution < -0.4 is 5.32 Å². The van der Waals surface area contributed by atoms with Gasteiger partial charge in [0.25, 0.3) is 0 Å². The fraction of sp³-hybridized carbons (Fsp3) is 1.00. The third-order valence-electron chi connectivity index (χ3n) is 3.36. The Morgan fingerprint density at radius 3 is 2.75 bits per heavy atom. The zero-order chi connectivity index (χ0) is 12.0. The van der Waals surface area contributed by atoms with Crippen LogP contribution in [0.15, 0.2) is 0 Å². The van der Waals surface area contributed by atoms with E-state index in [1.54, 1.807) is 0 Å². The molecule has 0 aromatic carbocycles. The number of nitrogens with one attached hydrogen (secondary N) is 1. The fourth-order valence-electron chi connectivity index (χ4n) is 2.55. The van der Waals surface area contributed by atoms with Crippen LogP contribution >= 0.6 is 0 Å². The van der Waals surface area contributed by atoms with E-state index < -0.39 is 0 Å². The van der Waals surface area contributed by atoms with Gasteiger partial charge in [-0.15, -0.1) is 0 Å². The van der Waals surface area contributed by atoms with Crippen molar-refractivity contribution in [3.63, 3.8) is 0 Å². The van der Waals surface area contributed by atoms with Gasteiger partial charge in [0, 0.05) is 19.1 Å². The van der Waals surface area contributed by atoms with Crippen molar-refractivity contribution in [2.75, 3.05) is 32.8 Å². The molecule has 0 aromatic heterocycles. The normalized spacial score (nSPS) is 23.2. The first-order valence-corrected chi connectivity index (χ1v) is 6.64. The highest BCUT2D eigenvalue weighted by atomic mass is 16.3. The predicted molar refractivity (Wildman–Crippen MR) is 68.6 cm³/mol. The van der Waals surface area contributed by atoms with Crippen LogP contribution in [0.2, 0.25) is 0 Å². The monoisotopic (exact) mass is 228 g/mol. The summed E-state index contributed by atoms with van der Waals surface area (Å²) < 4.78 is 0. The summed E-state index contributed by atoms with van der Waals surface area (Å²) in [6.45, 7) is 11.4. The van der Waals surface area contributed by atoms with E-state index in [1.165, 1.54) is 19.4 Å². The van der Waals surface area contributed by atoms with Crippen molar-refractivity contribution >= 4 is 0 Å². The van der Waals surface area contributed by atoms with Crippen molar-refractivity contribution in [3.05, 3.63) is 0 Å². The molecule has 16 heavy (non-hydrogen) atoms. The van der Waals surface area contributed by atoms with Gasteiger partial charge in [0.1, 0.15) is 0 Å². The lowest BCUT2D eigenvalue weighted by molar-refractivity contribution is 0.0954. The minimum atomic E-state index is 0.244.